The molecule has 1 amide bonds. The van der Waals surface area contributed by atoms with Crippen LogP contribution in [0, 0.1) is 0 Å². The zero-order valence-electron chi connectivity index (χ0n) is 13.3. The second-order valence-corrected chi connectivity index (χ2v) is 6.73. The largest absolute Gasteiger partial charge is 0.356 e. The molecule has 4 rings (SSSR count). The molecule has 1 aliphatic heterocycles. The number of hydrogen-bond acceptors (Lipinski definition) is 3. The van der Waals surface area contributed by atoms with Crippen LogP contribution in [0.5, 0.6) is 0 Å². The minimum atomic E-state index is -0.416. The van der Waals surface area contributed by atoms with Gasteiger partial charge in [0.25, 0.3) is 0 Å². The van der Waals surface area contributed by atoms with E-state index in [-0.39, 0.29) is 5.91 Å². The second kappa shape index (κ2) is 5.84. The zero-order valence-corrected chi connectivity index (χ0v) is 13.3. The zero-order chi connectivity index (χ0) is 15.7. The minimum Gasteiger partial charge on any atom is -0.356 e. The number of nitrogens with zero attached hydrogens (tertiary/aromatic N) is 2. The van der Waals surface area contributed by atoms with E-state index in [1.165, 1.54) is 12.8 Å². The fourth-order valence-electron chi connectivity index (χ4n) is 3.52. The molecule has 2 heterocycles. The van der Waals surface area contributed by atoms with E-state index in [2.05, 4.69) is 10.1 Å². The van der Waals surface area contributed by atoms with Crippen molar-refractivity contribution < 1.29 is 9.32 Å². The average molecular weight is 310 g/mol. The summed E-state index contributed by atoms with van der Waals surface area (Å²) in [4.78, 5) is 15.1. The van der Waals surface area contributed by atoms with Crippen LogP contribution in [-0.4, -0.2) is 29.1 Å². The summed E-state index contributed by atoms with van der Waals surface area (Å²) in [6.07, 6.45) is 6.50. The molecule has 1 saturated carbocycles. The van der Waals surface area contributed by atoms with Crippen molar-refractivity contribution in [2.24, 2.45) is 0 Å². The molecule has 0 spiro atoms. The van der Waals surface area contributed by atoms with Gasteiger partial charge in [-0.2, -0.15) is 0 Å². The molecule has 2 fully saturated rings. The number of aromatic nitrogens is 1. The maximum Gasteiger partial charge on any atom is 0.234 e. The molecule has 120 valence electrons. The fourth-order valence-corrected chi connectivity index (χ4v) is 3.52. The molecule has 0 atom stereocenters. The lowest BCUT2D eigenvalue weighted by Crippen LogP contribution is -2.40. The summed E-state index contributed by atoms with van der Waals surface area (Å²) in [7, 11) is 0. The molecule has 0 bridgehead atoms. The maximum atomic E-state index is 13.0. The van der Waals surface area contributed by atoms with Gasteiger partial charge in [-0.05, 0) is 25.7 Å². The molecule has 0 N–H and O–H groups in total. The van der Waals surface area contributed by atoms with Crippen LogP contribution in [0.1, 0.15) is 44.2 Å². The Balaban J connectivity index is 1.57. The normalized spacial score (nSPS) is 20.1. The van der Waals surface area contributed by atoms with Crippen LogP contribution >= 0.6 is 0 Å². The van der Waals surface area contributed by atoms with Crippen molar-refractivity contribution in [3.63, 3.8) is 0 Å². The van der Waals surface area contributed by atoms with Crippen molar-refractivity contribution in [2.75, 3.05) is 13.1 Å². The summed E-state index contributed by atoms with van der Waals surface area (Å²) < 4.78 is 5.52. The molecule has 1 aromatic carbocycles. The van der Waals surface area contributed by atoms with Crippen LogP contribution in [-0.2, 0) is 10.2 Å². The van der Waals surface area contributed by atoms with Gasteiger partial charge in [-0.25, -0.2) is 0 Å². The predicted molar refractivity (Wildman–Crippen MR) is 87.9 cm³/mol. The topological polar surface area (TPSA) is 46.3 Å². The summed E-state index contributed by atoms with van der Waals surface area (Å²) in [6.45, 7) is 1.79. The Hall–Kier alpha value is -2.10. The first kappa shape index (κ1) is 14.5. The van der Waals surface area contributed by atoms with Gasteiger partial charge in [0.1, 0.15) is 0 Å². The molecule has 1 aliphatic carbocycles. The lowest BCUT2D eigenvalue weighted by atomic mass is 9.99. The van der Waals surface area contributed by atoms with E-state index >= 15 is 0 Å². The van der Waals surface area contributed by atoms with E-state index in [9.17, 15) is 4.79 Å². The lowest BCUT2D eigenvalue weighted by Gasteiger charge is -2.24. The number of likely N-dealkylation sites (tertiary alicyclic amines) is 1. The molecule has 0 radical (unpaired) electrons. The Morgan fingerprint density at radius 3 is 2.39 bits per heavy atom. The van der Waals surface area contributed by atoms with Crippen LogP contribution in [0.2, 0.25) is 0 Å². The molecule has 1 aromatic heterocycles. The van der Waals surface area contributed by atoms with E-state index in [0.717, 1.165) is 55.8 Å². The Bertz CT molecular complexity index is 680. The molecule has 4 nitrogen and oxygen atoms in total. The molecular weight excluding hydrogens is 288 g/mol. The quantitative estimate of drug-likeness (QED) is 0.867. The van der Waals surface area contributed by atoms with Gasteiger partial charge in [0, 0.05) is 24.7 Å². The van der Waals surface area contributed by atoms with Gasteiger partial charge in [0.2, 0.25) is 5.91 Å². The first-order valence-electron chi connectivity index (χ1n) is 8.62. The van der Waals surface area contributed by atoms with Gasteiger partial charge in [-0.3, -0.25) is 4.79 Å². The summed E-state index contributed by atoms with van der Waals surface area (Å²) in [5.74, 6) is 1.00. The highest BCUT2D eigenvalue weighted by molar-refractivity contribution is 5.91. The lowest BCUT2D eigenvalue weighted by molar-refractivity contribution is -0.134. The third-order valence-electron chi connectivity index (χ3n) is 5.11. The SMILES string of the molecule is O=C(N1CCCCCC1)C1(c2cc(-c3ccccc3)on2)CC1. The molecule has 2 aromatic rings. The van der Waals surface area contributed by atoms with Gasteiger partial charge < -0.3 is 9.42 Å². The van der Waals surface area contributed by atoms with E-state index in [0.29, 0.717) is 0 Å². The molecule has 1 saturated heterocycles. The third-order valence-corrected chi connectivity index (χ3v) is 5.11. The summed E-state index contributed by atoms with van der Waals surface area (Å²) >= 11 is 0. The number of hydrogen-bond donors (Lipinski definition) is 0. The first-order chi connectivity index (χ1) is 11.3. The van der Waals surface area contributed by atoms with Crippen molar-refractivity contribution in [3.8, 4) is 11.3 Å². The minimum absolute atomic E-state index is 0.257. The number of benzene rings is 1. The number of carbonyl (C=O) groups is 1. The van der Waals surface area contributed by atoms with Crippen LogP contribution in [0.15, 0.2) is 40.9 Å². The number of amides is 1. The van der Waals surface area contributed by atoms with Crippen LogP contribution in [0.25, 0.3) is 11.3 Å². The van der Waals surface area contributed by atoms with E-state index in [1.54, 1.807) is 0 Å². The standard InChI is InChI=1S/C19H22N2O2/c22-18(21-12-6-1-2-7-13-21)19(10-11-19)17-14-16(23-20-17)15-8-4-3-5-9-15/h3-5,8-9,14H,1-2,6-7,10-13H2. The van der Waals surface area contributed by atoms with Gasteiger partial charge in [-0.1, -0.05) is 48.3 Å². The number of rotatable bonds is 3. The predicted octanol–water partition coefficient (Wildman–Crippen LogP) is 3.78. The highest BCUT2D eigenvalue weighted by atomic mass is 16.5. The van der Waals surface area contributed by atoms with Crippen molar-refractivity contribution >= 4 is 5.91 Å². The Morgan fingerprint density at radius 1 is 1.04 bits per heavy atom. The van der Waals surface area contributed by atoms with Gasteiger partial charge in [0.15, 0.2) is 5.76 Å². The second-order valence-electron chi connectivity index (χ2n) is 6.73. The third kappa shape index (κ3) is 2.67. The summed E-state index contributed by atoms with van der Waals surface area (Å²) in [6, 6.07) is 11.9. The van der Waals surface area contributed by atoms with Crippen LogP contribution in [0.3, 0.4) is 0 Å². The summed E-state index contributed by atoms with van der Waals surface area (Å²) in [5, 5.41) is 4.24. The molecule has 23 heavy (non-hydrogen) atoms. The monoisotopic (exact) mass is 310 g/mol. The van der Waals surface area contributed by atoms with Crippen molar-refractivity contribution in [3.05, 3.63) is 42.1 Å². The van der Waals surface area contributed by atoms with Crippen molar-refractivity contribution in [2.45, 2.75) is 43.9 Å². The fraction of sp³-hybridized carbons (Fsp3) is 0.474. The molecular formula is C19H22N2O2. The average Bonchev–Trinajstić information content (AvgIpc) is 3.33. The molecule has 2 aliphatic rings. The van der Waals surface area contributed by atoms with Crippen LogP contribution in [0.4, 0.5) is 0 Å². The Kier molecular flexibility index (Phi) is 3.68. The molecule has 0 unspecified atom stereocenters. The van der Waals surface area contributed by atoms with E-state index < -0.39 is 5.41 Å². The van der Waals surface area contributed by atoms with Gasteiger partial charge in [-0.15, -0.1) is 0 Å². The highest BCUT2D eigenvalue weighted by Gasteiger charge is 2.55. The van der Waals surface area contributed by atoms with E-state index in [1.807, 2.05) is 36.4 Å². The number of carbonyl (C=O) groups excluding carboxylic acids is 1. The Morgan fingerprint density at radius 2 is 1.74 bits per heavy atom. The van der Waals surface area contributed by atoms with Crippen molar-refractivity contribution in [1.29, 1.82) is 0 Å². The first-order valence-corrected chi connectivity index (χ1v) is 8.62. The summed E-state index contributed by atoms with van der Waals surface area (Å²) in [5.41, 5.74) is 1.40. The molecule has 4 heteroatoms. The smallest absolute Gasteiger partial charge is 0.234 e. The highest BCUT2D eigenvalue weighted by Crippen LogP contribution is 2.50. The van der Waals surface area contributed by atoms with Gasteiger partial charge >= 0.3 is 0 Å². The van der Waals surface area contributed by atoms with E-state index in [4.69, 9.17) is 4.52 Å². The van der Waals surface area contributed by atoms with Crippen molar-refractivity contribution in [1.82, 2.24) is 10.1 Å². The maximum absolute atomic E-state index is 13.0. The van der Waals surface area contributed by atoms with Gasteiger partial charge in [0.05, 0.1) is 11.1 Å². The van der Waals surface area contributed by atoms with Crippen LogP contribution < -0.4 is 0 Å². The Labute approximate surface area is 136 Å².